The van der Waals surface area contributed by atoms with E-state index in [1.54, 1.807) is 0 Å². The zero-order valence-electron chi connectivity index (χ0n) is 7.81. The van der Waals surface area contributed by atoms with E-state index in [-0.39, 0.29) is 0 Å². The van der Waals surface area contributed by atoms with Gasteiger partial charge < -0.3 is 0 Å². The average Bonchev–Trinajstić information content (AvgIpc) is 2.88. The number of benzene rings is 1. The molecule has 1 aliphatic heterocycles. The van der Waals surface area contributed by atoms with E-state index in [0.717, 1.165) is 6.54 Å². The van der Waals surface area contributed by atoms with E-state index in [4.69, 9.17) is 0 Å². The molecule has 0 bridgehead atoms. The normalized spacial score (nSPS) is 20.7. The maximum absolute atomic E-state index is 4.31. The lowest BCUT2D eigenvalue weighted by atomic mass is 9.98. The van der Waals surface area contributed by atoms with Crippen LogP contribution in [0.2, 0.25) is 0 Å². The fourth-order valence-electron chi connectivity index (χ4n) is 2.03. The second-order valence-electron chi connectivity index (χ2n) is 3.64. The summed E-state index contributed by atoms with van der Waals surface area (Å²) in [6.45, 7) is 0.992. The van der Waals surface area contributed by atoms with Crippen molar-refractivity contribution >= 4 is 27.6 Å². The fourth-order valence-corrected chi connectivity index (χ4v) is 3.01. The largest absolute Gasteiger partial charge is 0.297 e. The first-order valence-electron chi connectivity index (χ1n) is 4.91. The molecule has 0 N–H and O–H groups in total. The highest BCUT2D eigenvalue weighted by Crippen LogP contribution is 2.32. The zero-order chi connectivity index (χ0) is 9.38. The topological polar surface area (TPSA) is 12.4 Å². The lowest BCUT2D eigenvalue weighted by Crippen LogP contribution is -1.95. The van der Waals surface area contributed by atoms with Crippen LogP contribution in [0.4, 0.5) is 0 Å². The van der Waals surface area contributed by atoms with Crippen LogP contribution in [0, 0.1) is 0 Å². The van der Waals surface area contributed by atoms with Gasteiger partial charge >= 0.3 is 0 Å². The Kier molecular flexibility index (Phi) is 1.88. The first kappa shape index (κ1) is 8.18. The molecule has 0 aliphatic carbocycles. The summed E-state index contributed by atoms with van der Waals surface area (Å²) >= 11 is 1.84. The predicted molar refractivity (Wildman–Crippen MR) is 62.5 cm³/mol. The van der Waals surface area contributed by atoms with Crippen LogP contribution in [0.25, 0.3) is 10.1 Å². The van der Waals surface area contributed by atoms with Crippen molar-refractivity contribution < 1.29 is 0 Å². The first-order valence-corrected chi connectivity index (χ1v) is 5.79. The minimum Gasteiger partial charge on any atom is -0.297 e. The number of hydrogen-bond acceptors (Lipinski definition) is 2. The van der Waals surface area contributed by atoms with Crippen LogP contribution >= 0.6 is 11.3 Å². The second-order valence-corrected chi connectivity index (χ2v) is 4.55. The van der Waals surface area contributed by atoms with Gasteiger partial charge in [-0.2, -0.15) is 0 Å². The molecule has 1 unspecified atom stereocenters. The minimum atomic E-state index is 0.553. The third-order valence-corrected chi connectivity index (χ3v) is 3.74. The zero-order valence-corrected chi connectivity index (χ0v) is 8.63. The van der Waals surface area contributed by atoms with Gasteiger partial charge in [-0.3, -0.25) is 4.99 Å². The van der Waals surface area contributed by atoms with Gasteiger partial charge in [0, 0.05) is 23.4 Å². The standard InChI is InChI=1S/C12H11NS/c1-2-9-5-7-14-12(9)11(3-1)10-4-6-13-8-10/h1-3,5,7-8,10H,4,6H2. The minimum absolute atomic E-state index is 0.553. The number of rotatable bonds is 1. The number of fused-ring (bicyclic) bond motifs is 1. The number of thiophene rings is 1. The van der Waals surface area contributed by atoms with Crippen LogP contribution in [-0.2, 0) is 0 Å². The van der Waals surface area contributed by atoms with Crippen LogP contribution in [0.5, 0.6) is 0 Å². The molecule has 0 fully saturated rings. The Morgan fingerprint density at radius 2 is 2.29 bits per heavy atom. The van der Waals surface area contributed by atoms with E-state index in [9.17, 15) is 0 Å². The van der Waals surface area contributed by atoms with E-state index in [2.05, 4.69) is 40.9 Å². The number of hydrogen-bond donors (Lipinski definition) is 0. The summed E-state index contributed by atoms with van der Waals surface area (Å²) in [6, 6.07) is 8.76. The highest BCUT2D eigenvalue weighted by atomic mass is 32.1. The molecule has 1 aliphatic rings. The average molecular weight is 201 g/mol. The predicted octanol–water partition coefficient (Wildman–Crippen LogP) is 3.46. The molecule has 70 valence electrons. The molecular weight excluding hydrogens is 190 g/mol. The fraction of sp³-hybridized carbons (Fsp3) is 0.250. The summed E-state index contributed by atoms with van der Waals surface area (Å²) in [4.78, 5) is 4.31. The summed E-state index contributed by atoms with van der Waals surface area (Å²) in [6.07, 6.45) is 3.28. The van der Waals surface area contributed by atoms with Gasteiger partial charge in [0.25, 0.3) is 0 Å². The highest BCUT2D eigenvalue weighted by molar-refractivity contribution is 7.17. The quantitative estimate of drug-likeness (QED) is 0.670. The molecule has 1 aromatic carbocycles. The molecule has 0 radical (unpaired) electrons. The van der Waals surface area contributed by atoms with Gasteiger partial charge in [0.05, 0.1) is 0 Å². The second kappa shape index (κ2) is 3.21. The van der Waals surface area contributed by atoms with Crippen molar-refractivity contribution in [2.24, 2.45) is 4.99 Å². The molecule has 14 heavy (non-hydrogen) atoms. The molecular formula is C12H11NS. The van der Waals surface area contributed by atoms with Crippen molar-refractivity contribution in [1.82, 2.24) is 0 Å². The van der Waals surface area contributed by atoms with Gasteiger partial charge in [0.2, 0.25) is 0 Å². The summed E-state index contributed by atoms with van der Waals surface area (Å²) in [5, 5.41) is 3.54. The Hall–Kier alpha value is -1.15. The third kappa shape index (κ3) is 1.18. The van der Waals surface area contributed by atoms with Crippen LogP contribution in [0.15, 0.2) is 34.6 Å². The Morgan fingerprint density at radius 3 is 3.14 bits per heavy atom. The van der Waals surface area contributed by atoms with E-state index < -0.39 is 0 Å². The van der Waals surface area contributed by atoms with E-state index in [0.29, 0.717) is 5.92 Å². The molecule has 0 amide bonds. The van der Waals surface area contributed by atoms with Crippen molar-refractivity contribution in [3.63, 3.8) is 0 Å². The van der Waals surface area contributed by atoms with Gasteiger partial charge in [0.1, 0.15) is 0 Å². The van der Waals surface area contributed by atoms with Gasteiger partial charge in [-0.25, -0.2) is 0 Å². The van der Waals surface area contributed by atoms with Crippen molar-refractivity contribution in [2.75, 3.05) is 6.54 Å². The van der Waals surface area contributed by atoms with Gasteiger partial charge in [-0.1, -0.05) is 18.2 Å². The monoisotopic (exact) mass is 201 g/mol. The van der Waals surface area contributed by atoms with E-state index >= 15 is 0 Å². The molecule has 2 aromatic rings. The maximum Gasteiger partial charge on any atom is 0.0395 e. The van der Waals surface area contributed by atoms with E-state index in [1.165, 1.54) is 22.1 Å². The van der Waals surface area contributed by atoms with Crippen LogP contribution in [0.1, 0.15) is 17.9 Å². The Balaban J connectivity index is 2.19. The molecule has 2 heteroatoms. The Labute approximate surface area is 87.1 Å². The first-order chi connectivity index (χ1) is 6.95. The van der Waals surface area contributed by atoms with Gasteiger partial charge in [0.15, 0.2) is 0 Å². The Bertz CT molecular complexity index is 484. The number of nitrogens with zero attached hydrogens (tertiary/aromatic N) is 1. The smallest absolute Gasteiger partial charge is 0.0395 e. The maximum atomic E-state index is 4.31. The lowest BCUT2D eigenvalue weighted by Gasteiger charge is -2.07. The molecule has 0 saturated carbocycles. The van der Waals surface area contributed by atoms with Crippen molar-refractivity contribution in [1.29, 1.82) is 0 Å². The molecule has 1 nitrogen and oxygen atoms in total. The van der Waals surface area contributed by atoms with Crippen molar-refractivity contribution in [3.8, 4) is 0 Å². The van der Waals surface area contributed by atoms with Crippen LogP contribution < -0.4 is 0 Å². The van der Waals surface area contributed by atoms with Gasteiger partial charge in [-0.15, -0.1) is 11.3 Å². The SMILES string of the molecule is C1=NCCC1c1cccc2ccsc12. The Morgan fingerprint density at radius 1 is 1.29 bits per heavy atom. The number of aliphatic imine (C=N–C) groups is 1. The molecule has 3 rings (SSSR count). The van der Waals surface area contributed by atoms with E-state index in [1.807, 2.05) is 11.3 Å². The lowest BCUT2D eigenvalue weighted by molar-refractivity contribution is 0.854. The van der Waals surface area contributed by atoms with Gasteiger partial charge in [-0.05, 0) is 28.8 Å². The molecule has 2 heterocycles. The molecule has 1 aromatic heterocycles. The summed E-state index contributed by atoms with van der Waals surface area (Å²) in [5.74, 6) is 0.553. The highest BCUT2D eigenvalue weighted by Gasteiger charge is 2.15. The van der Waals surface area contributed by atoms with Crippen LogP contribution in [-0.4, -0.2) is 12.8 Å². The molecule has 0 saturated heterocycles. The third-order valence-electron chi connectivity index (χ3n) is 2.76. The van der Waals surface area contributed by atoms with Crippen molar-refractivity contribution in [3.05, 3.63) is 35.2 Å². The summed E-state index contributed by atoms with van der Waals surface area (Å²) < 4.78 is 1.44. The molecule has 0 spiro atoms. The molecule has 1 atom stereocenters. The van der Waals surface area contributed by atoms with Crippen LogP contribution in [0.3, 0.4) is 0 Å². The van der Waals surface area contributed by atoms with Crippen molar-refractivity contribution in [2.45, 2.75) is 12.3 Å². The summed E-state index contributed by atoms with van der Waals surface area (Å²) in [7, 11) is 0. The summed E-state index contributed by atoms with van der Waals surface area (Å²) in [5.41, 5.74) is 1.46.